The third-order valence-corrected chi connectivity index (χ3v) is 5.03. The summed E-state index contributed by atoms with van der Waals surface area (Å²) in [6.45, 7) is 6.26. The van der Waals surface area contributed by atoms with Crippen LogP contribution >= 0.6 is 0 Å². The lowest BCUT2D eigenvalue weighted by atomic mass is 9.81. The standard InChI is InChI=1S/C16H28O3/c1-12-9-13(2)11-15(10-12)19-14-3-5-16(6-4-14)17-7-8-18-16/h12-15H,3-11H2,1-2H3. The van der Waals surface area contributed by atoms with Crippen LogP contribution in [-0.2, 0) is 14.2 Å². The summed E-state index contributed by atoms with van der Waals surface area (Å²) in [6, 6.07) is 0. The largest absolute Gasteiger partial charge is 0.375 e. The Bertz CT molecular complexity index is 278. The maximum absolute atomic E-state index is 6.36. The van der Waals surface area contributed by atoms with Crippen LogP contribution < -0.4 is 0 Å². The maximum atomic E-state index is 6.36. The van der Waals surface area contributed by atoms with E-state index in [9.17, 15) is 0 Å². The second kappa shape index (κ2) is 5.71. The Hall–Kier alpha value is -0.120. The normalized spacial score (nSPS) is 39.8. The first-order valence-corrected chi connectivity index (χ1v) is 8.08. The second-order valence-electron chi connectivity index (χ2n) is 6.98. The van der Waals surface area contributed by atoms with Gasteiger partial charge < -0.3 is 14.2 Å². The molecule has 1 heterocycles. The molecule has 2 saturated carbocycles. The molecular formula is C16H28O3. The highest BCUT2D eigenvalue weighted by molar-refractivity contribution is 4.84. The van der Waals surface area contributed by atoms with Crippen molar-refractivity contribution >= 4 is 0 Å². The van der Waals surface area contributed by atoms with Crippen molar-refractivity contribution in [2.75, 3.05) is 13.2 Å². The molecule has 0 radical (unpaired) electrons. The minimum absolute atomic E-state index is 0.243. The molecule has 2 unspecified atom stereocenters. The molecule has 1 saturated heterocycles. The molecule has 0 aromatic heterocycles. The van der Waals surface area contributed by atoms with Crippen LogP contribution in [0.15, 0.2) is 0 Å². The summed E-state index contributed by atoms with van der Waals surface area (Å²) in [5.74, 6) is 1.41. The minimum Gasteiger partial charge on any atom is -0.375 e. The molecule has 3 rings (SSSR count). The summed E-state index contributed by atoms with van der Waals surface area (Å²) in [6.07, 6.45) is 9.00. The van der Waals surface area contributed by atoms with Crippen molar-refractivity contribution in [2.24, 2.45) is 11.8 Å². The molecule has 0 aromatic carbocycles. The summed E-state index contributed by atoms with van der Waals surface area (Å²) in [5, 5.41) is 0. The summed E-state index contributed by atoms with van der Waals surface area (Å²) < 4.78 is 17.9. The first-order chi connectivity index (χ1) is 9.15. The van der Waals surface area contributed by atoms with Crippen LogP contribution in [0.1, 0.15) is 58.8 Å². The van der Waals surface area contributed by atoms with Crippen LogP contribution in [0.5, 0.6) is 0 Å². The summed E-state index contributed by atoms with van der Waals surface area (Å²) >= 11 is 0. The quantitative estimate of drug-likeness (QED) is 0.767. The molecule has 1 spiro atoms. The molecule has 0 aromatic rings. The van der Waals surface area contributed by atoms with E-state index in [2.05, 4.69) is 13.8 Å². The van der Waals surface area contributed by atoms with E-state index in [4.69, 9.17) is 14.2 Å². The third kappa shape index (κ3) is 3.32. The molecular weight excluding hydrogens is 240 g/mol. The second-order valence-corrected chi connectivity index (χ2v) is 6.98. The van der Waals surface area contributed by atoms with Gasteiger partial charge in [0.2, 0.25) is 0 Å². The Morgan fingerprint density at radius 3 is 2.00 bits per heavy atom. The predicted molar refractivity (Wildman–Crippen MR) is 73.9 cm³/mol. The average molecular weight is 268 g/mol. The van der Waals surface area contributed by atoms with Crippen molar-refractivity contribution in [1.82, 2.24) is 0 Å². The van der Waals surface area contributed by atoms with E-state index in [1.54, 1.807) is 0 Å². The van der Waals surface area contributed by atoms with E-state index in [1.807, 2.05) is 0 Å². The first-order valence-electron chi connectivity index (χ1n) is 8.08. The lowest BCUT2D eigenvalue weighted by molar-refractivity contribution is -0.197. The van der Waals surface area contributed by atoms with Crippen LogP contribution in [0.4, 0.5) is 0 Å². The summed E-state index contributed by atoms with van der Waals surface area (Å²) in [4.78, 5) is 0. The van der Waals surface area contributed by atoms with E-state index in [-0.39, 0.29) is 5.79 Å². The van der Waals surface area contributed by atoms with Gasteiger partial charge in [-0.3, -0.25) is 0 Å². The van der Waals surface area contributed by atoms with Gasteiger partial charge in [0.1, 0.15) is 0 Å². The Morgan fingerprint density at radius 2 is 1.42 bits per heavy atom. The molecule has 1 aliphatic heterocycles. The zero-order valence-electron chi connectivity index (χ0n) is 12.4. The molecule has 0 N–H and O–H groups in total. The molecule has 0 amide bonds. The van der Waals surface area contributed by atoms with Crippen LogP contribution in [0.3, 0.4) is 0 Å². The monoisotopic (exact) mass is 268 g/mol. The van der Waals surface area contributed by atoms with Gasteiger partial charge in [-0.2, -0.15) is 0 Å². The van der Waals surface area contributed by atoms with E-state index < -0.39 is 0 Å². The molecule has 2 atom stereocenters. The van der Waals surface area contributed by atoms with Crippen LogP contribution in [0.25, 0.3) is 0 Å². The maximum Gasteiger partial charge on any atom is 0.168 e. The summed E-state index contributed by atoms with van der Waals surface area (Å²) in [7, 11) is 0. The van der Waals surface area contributed by atoms with Gasteiger partial charge >= 0.3 is 0 Å². The van der Waals surface area contributed by atoms with Gasteiger partial charge in [0.25, 0.3) is 0 Å². The number of hydrogen-bond donors (Lipinski definition) is 0. The molecule has 3 aliphatic rings. The average Bonchev–Trinajstić information content (AvgIpc) is 2.80. The van der Waals surface area contributed by atoms with Crippen LogP contribution in [0, 0.1) is 11.8 Å². The molecule has 3 nitrogen and oxygen atoms in total. The van der Waals surface area contributed by atoms with Crippen molar-refractivity contribution in [3.8, 4) is 0 Å². The zero-order valence-corrected chi connectivity index (χ0v) is 12.4. The van der Waals surface area contributed by atoms with E-state index in [1.165, 1.54) is 19.3 Å². The van der Waals surface area contributed by atoms with Crippen molar-refractivity contribution < 1.29 is 14.2 Å². The number of ether oxygens (including phenoxy) is 3. The Balaban J connectivity index is 1.46. The van der Waals surface area contributed by atoms with Gasteiger partial charge in [0.05, 0.1) is 25.4 Å². The molecule has 0 bridgehead atoms. The van der Waals surface area contributed by atoms with Gasteiger partial charge in [0.15, 0.2) is 5.79 Å². The fourth-order valence-electron chi connectivity index (χ4n) is 4.21. The Kier molecular flexibility index (Phi) is 4.16. The van der Waals surface area contributed by atoms with E-state index in [0.29, 0.717) is 12.2 Å². The van der Waals surface area contributed by atoms with Gasteiger partial charge in [-0.05, 0) is 43.9 Å². The zero-order chi connectivity index (χ0) is 13.3. The number of rotatable bonds is 2. The Labute approximate surface area is 117 Å². The summed E-state index contributed by atoms with van der Waals surface area (Å²) in [5.41, 5.74) is 0. The number of hydrogen-bond acceptors (Lipinski definition) is 3. The lowest BCUT2D eigenvalue weighted by Crippen LogP contribution is -2.39. The van der Waals surface area contributed by atoms with Gasteiger partial charge in [0, 0.05) is 12.8 Å². The SMILES string of the molecule is CC1CC(C)CC(OC2CCC3(CC2)OCCO3)C1. The van der Waals surface area contributed by atoms with Crippen molar-refractivity contribution in [3.63, 3.8) is 0 Å². The van der Waals surface area contributed by atoms with Crippen molar-refractivity contribution in [3.05, 3.63) is 0 Å². The fraction of sp³-hybridized carbons (Fsp3) is 1.00. The van der Waals surface area contributed by atoms with Gasteiger partial charge in [-0.1, -0.05) is 13.8 Å². The highest BCUT2D eigenvalue weighted by Crippen LogP contribution is 2.38. The van der Waals surface area contributed by atoms with Crippen LogP contribution in [0.2, 0.25) is 0 Å². The predicted octanol–water partition coefficient (Wildman–Crippen LogP) is 3.51. The minimum atomic E-state index is -0.243. The molecule has 2 aliphatic carbocycles. The first kappa shape index (κ1) is 13.8. The van der Waals surface area contributed by atoms with E-state index in [0.717, 1.165) is 50.7 Å². The topological polar surface area (TPSA) is 27.7 Å². The van der Waals surface area contributed by atoms with Crippen LogP contribution in [-0.4, -0.2) is 31.2 Å². The van der Waals surface area contributed by atoms with Crippen molar-refractivity contribution in [2.45, 2.75) is 76.8 Å². The highest BCUT2D eigenvalue weighted by atomic mass is 16.7. The van der Waals surface area contributed by atoms with E-state index >= 15 is 0 Å². The fourth-order valence-corrected chi connectivity index (χ4v) is 4.21. The smallest absolute Gasteiger partial charge is 0.168 e. The molecule has 3 heteroatoms. The molecule has 19 heavy (non-hydrogen) atoms. The molecule has 3 fully saturated rings. The lowest BCUT2D eigenvalue weighted by Gasteiger charge is -2.39. The van der Waals surface area contributed by atoms with Gasteiger partial charge in [-0.15, -0.1) is 0 Å². The third-order valence-electron chi connectivity index (χ3n) is 5.03. The Morgan fingerprint density at radius 1 is 0.842 bits per heavy atom. The van der Waals surface area contributed by atoms with Crippen molar-refractivity contribution in [1.29, 1.82) is 0 Å². The van der Waals surface area contributed by atoms with Gasteiger partial charge in [-0.25, -0.2) is 0 Å². The molecule has 110 valence electrons. The highest BCUT2D eigenvalue weighted by Gasteiger charge is 2.41.